The van der Waals surface area contributed by atoms with Gasteiger partial charge in [0.05, 0.1) is 13.2 Å². The molecule has 0 radical (unpaired) electrons. The highest BCUT2D eigenvalue weighted by Gasteiger charge is 2.16. The number of nitrogens with zero attached hydrogens (tertiary/aromatic N) is 2. The smallest absolute Gasteiger partial charge is 0.254 e. The minimum absolute atomic E-state index is 0.0699. The maximum Gasteiger partial charge on any atom is 0.254 e. The van der Waals surface area contributed by atoms with Gasteiger partial charge in [-0.3, -0.25) is 4.79 Å². The van der Waals surface area contributed by atoms with Crippen LogP contribution >= 0.6 is 0 Å². The Balaban J connectivity index is 2.91. The maximum absolute atomic E-state index is 12.5. The predicted molar refractivity (Wildman–Crippen MR) is 78.0 cm³/mol. The summed E-state index contributed by atoms with van der Waals surface area (Å²) in [5.74, 6) is 0.562. The first-order chi connectivity index (χ1) is 9.62. The van der Waals surface area contributed by atoms with Gasteiger partial charge in [0.1, 0.15) is 5.82 Å². The van der Waals surface area contributed by atoms with Gasteiger partial charge in [-0.2, -0.15) is 0 Å². The van der Waals surface area contributed by atoms with Crippen LogP contribution in [0.2, 0.25) is 0 Å². The highest BCUT2D eigenvalue weighted by atomic mass is 16.5. The van der Waals surface area contributed by atoms with Gasteiger partial charge in [0, 0.05) is 38.0 Å². The lowest BCUT2D eigenvalue weighted by Gasteiger charge is -2.21. The van der Waals surface area contributed by atoms with Crippen molar-refractivity contribution in [2.24, 2.45) is 0 Å². The lowest BCUT2D eigenvalue weighted by atomic mass is 10.2. The fourth-order valence-electron chi connectivity index (χ4n) is 1.88. The van der Waals surface area contributed by atoms with E-state index in [0.717, 1.165) is 12.2 Å². The fourth-order valence-corrected chi connectivity index (χ4v) is 1.88. The number of hydrogen-bond acceptors (Lipinski definition) is 5. The number of anilines is 1. The van der Waals surface area contributed by atoms with E-state index >= 15 is 0 Å². The van der Waals surface area contributed by atoms with Crippen LogP contribution < -0.4 is 5.32 Å². The molecule has 6 heteroatoms. The van der Waals surface area contributed by atoms with Crippen LogP contribution in [0.5, 0.6) is 0 Å². The highest BCUT2D eigenvalue weighted by Crippen LogP contribution is 2.12. The Bertz CT molecular complexity index is 438. The number of aliphatic hydroxyl groups is 1. The van der Waals surface area contributed by atoms with Gasteiger partial charge in [-0.1, -0.05) is 0 Å². The number of aliphatic hydroxyl groups excluding tert-OH is 1. The molecule has 112 valence electrons. The summed E-state index contributed by atoms with van der Waals surface area (Å²) in [4.78, 5) is 18.3. The third kappa shape index (κ3) is 4.79. The average Bonchev–Trinajstić information content (AvgIpc) is 2.42. The van der Waals surface area contributed by atoms with E-state index < -0.39 is 0 Å². The van der Waals surface area contributed by atoms with E-state index in [1.807, 2.05) is 13.8 Å². The second-order valence-electron chi connectivity index (χ2n) is 4.42. The number of methoxy groups -OCH3 is 1. The SMILES string of the molecule is CCNc1cc(C(=O)N(CCO)CCOC)cc(C)n1. The van der Waals surface area contributed by atoms with E-state index in [2.05, 4.69) is 10.3 Å². The van der Waals surface area contributed by atoms with Crippen LogP contribution in [-0.2, 0) is 4.74 Å². The summed E-state index contributed by atoms with van der Waals surface area (Å²) in [5.41, 5.74) is 1.35. The predicted octanol–water partition coefficient (Wildman–Crippen LogP) is 0.903. The van der Waals surface area contributed by atoms with Crippen molar-refractivity contribution < 1.29 is 14.6 Å². The van der Waals surface area contributed by atoms with E-state index in [4.69, 9.17) is 9.84 Å². The summed E-state index contributed by atoms with van der Waals surface area (Å²) >= 11 is 0. The molecule has 2 N–H and O–H groups in total. The Morgan fingerprint density at radius 3 is 2.80 bits per heavy atom. The van der Waals surface area contributed by atoms with Crippen molar-refractivity contribution in [3.63, 3.8) is 0 Å². The van der Waals surface area contributed by atoms with Gasteiger partial charge in [-0.25, -0.2) is 4.98 Å². The van der Waals surface area contributed by atoms with E-state index in [1.165, 1.54) is 0 Å². The van der Waals surface area contributed by atoms with Crippen LogP contribution in [0.25, 0.3) is 0 Å². The zero-order valence-corrected chi connectivity index (χ0v) is 12.3. The van der Waals surface area contributed by atoms with Gasteiger partial charge in [0.15, 0.2) is 0 Å². The monoisotopic (exact) mass is 281 g/mol. The van der Waals surface area contributed by atoms with Gasteiger partial charge >= 0.3 is 0 Å². The third-order valence-electron chi connectivity index (χ3n) is 2.78. The molecule has 0 bridgehead atoms. The van der Waals surface area contributed by atoms with Crippen molar-refractivity contribution >= 4 is 11.7 Å². The average molecular weight is 281 g/mol. The summed E-state index contributed by atoms with van der Waals surface area (Å²) in [7, 11) is 1.58. The zero-order chi connectivity index (χ0) is 15.0. The molecule has 0 aliphatic rings. The van der Waals surface area contributed by atoms with Crippen molar-refractivity contribution in [2.75, 3.05) is 45.3 Å². The topological polar surface area (TPSA) is 74.7 Å². The Hall–Kier alpha value is -1.66. The molecule has 1 amide bonds. The lowest BCUT2D eigenvalue weighted by molar-refractivity contribution is 0.0656. The van der Waals surface area contributed by atoms with Crippen LogP contribution in [0, 0.1) is 6.92 Å². The van der Waals surface area contributed by atoms with E-state index in [-0.39, 0.29) is 12.5 Å². The first-order valence-electron chi connectivity index (χ1n) is 6.74. The normalized spacial score (nSPS) is 10.4. The van der Waals surface area contributed by atoms with Crippen molar-refractivity contribution in [1.29, 1.82) is 0 Å². The molecule has 1 aromatic rings. The Morgan fingerprint density at radius 1 is 1.45 bits per heavy atom. The molecule has 1 aromatic heterocycles. The molecule has 0 aromatic carbocycles. The van der Waals surface area contributed by atoms with Crippen molar-refractivity contribution in [1.82, 2.24) is 9.88 Å². The van der Waals surface area contributed by atoms with E-state index in [0.29, 0.717) is 31.1 Å². The van der Waals surface area contributed by atoms with Crippen LogP contribution in [0.4, 0.5) is 5.82 Å². The summed E-state index contributed by atoms with van der Waals surface area (Å²) in [6.45, 7) is 5.68. The first kappa shape index (κ1) is 16.4. The molecule has 0 aliphatic heterocycles. The number of aryl methyl sites for hydroxylation is 1. The minimum atomic E-state index is -0.124. The number of pyridine rings is 1. The molecule has 1 heterocycles. The van der Waals surface area contributed by atoms with Crippen LogP contribution in [0.1, 0.15) is 23.0 Å². The number of hydrogen-bond donors (Lipinski definition) is 2. The Kier molecular flexibility index (Phi) is 6.97. The van der Waals surface area contributed by atoms with Crippen LogP contribution in [0.15, 0.2) is 12.1 Å². The molecule has 0 unspecified atom stereocenters. The molecule has 0 spiro atoms. The number of carbonyl (C=O) groups is 1. The third-order valence-corrected chi connectivity index (χ3v) is 2.78. The van der Waals surface area contributed by atoms with Gasteiger partial charge in [-0.05, 0) is 26.0 Å². The Morgan fingerprint density at radius 2 is 2.20 bits per heavy atom. The second kappa shape index (κ2) is 8.50. The number of amides is 1. The number of rotatable bonds is 8. The van der Waals surface area contributed by atoms with Gasteiger partial charge in [-0.15, -0.1) is 0 Å². The Labute approximate surface area is 119 Å². The highest BCUT2D eigenvalue weighted by molar-refractivity contribution is 5.95. The van der Waals surface area contributed by atoms with Crippen molar-refractivity contribution in [3.05, 3.63) is 23.4 Å². The maximum atomic E-state index is 12.5. The quantitative estimate of drug-likeness (QED) is 0.740. The fraction of sp³-hybridized carbons (Fsp3) is 0.571. The second-order valence-corrected chi connectivity index (χ2v) is 4.42. The largest absolute Gasteiger partial charge is 0.395 e. The van der Waals surface area contributed by atoms with Crippen molar-refractivity contribution in [2.45, 2.75) is 13.8 Å². The molecule has 6 nitrogen and oxygen atoms in total. The summed E-state index contributed by atoms with van der Waals surface area (Å²) < 4.78 is 4.99. The van der Waals surface area contributed by atoms with Crippen LogP contribution in [0.3, 0.4) is 0 Å². The van der Waals surface area contributed by atoms with Gasteiger partial charge < -0.3 is 20.1 Å². The number of nitrogens with one attached hydrogen (secondary N) is 1. The first-order valence-corrected chi connectivity index (χ1v) is 6.74. The van der Waals surface area contributed by atoms with Crippen LogP contribution in [-0.4, -0.2) is 60.9 Å². The van der Waals surface area contributed by atoms with E-state index in [1.54, 1.807) is 24.1 Å². The van der Waals surface area contributed by atoms with Gasteiger partial charge in [0.25, 0.3) is 5.91 Å². The number of ether oxygens (including phenoxy) is 1. The number of carbonyl (C=O) groups excluding carboxylic acids is 1. The standard InChI is InChI=1S/C14H23N3O3/c1-4-15-13-10-12(9-11(2)16-13)14(19)17(5-7-18)6-8-20-3/h9-10,18H,4-8H2,1-3H3,(H,15,16). The van der Waals surface area contributed by atoms with E-state index in [9.17, 15) is 4.79 Å². The molecule has 0 saturated carbocycles. The zero-order valence-electron chi connectivity index (χ0n) is 12.3. The molecular weight excluding hydrogens is 258 g/mol. The summed E-state index contributed by atoms with van der Waals surface area (Å²) in [5, 5.41) is 12.2. The summed E-state index contributed by atoms with van der Waals surface area (Å²) in [6.07, 6.45) is 0. The van der Waals surface area contributed by atoms with Crippen molar-refractivity contribution in [3.8, 4) is 0 Å². The molecule has 20 heavy (non-hydrogen) atoms. The minimum Gasteiger partial charge on any atom is -0.395 e. The van der Waals surface area contributed by atoms with Gasteiger partial charge in [0.2, 0.25) is 0 Å². The molecule has 0 fully saturated rings. The summed E-state index contributed by atoms with van der Waals surface area (Å²) in [6, 6.07) is 3.48. The number of aromatic nitrogens is 1. The lowest BCUT2D eigenvalue weighted by Crippen LogP contribution is -2.36. The molecule has 0 atom stereocenters. The molecule has 0 saturated heterocycles. The molecule has 0 aliphatic carbocycles. The molecular formula is C14H23N3O3. The molecule has 1 rings (SSSR count).